The molecule has 0 radical (unpaired) electrons. The highest BCUT2D eigenvalue weighted by atomic mass is 32.2. The minimum Gasteiger partial charge on any atom is -0.495 e. The Morgan fingerprint density at radius 3 is 2.56 bits per heavy atom. The molecule has 0 unspecified atom stereocenters. The lowest BCUT2D eigenvalue weighted by atomic mass is 10.0. The first-order chi connectivity index (χ1) is 11.9. The van der Waals surface area contributed by atoms with Crippen LogP contribution in [0.5, 0.6) is 5.75 Å². The third-order valence-electron chi connectivity index (χ3n) is 4.14. The van der Waals surface area contributed by atoms with Crippen LogP contribution in [0.15, 0.2) is 47.4 Å². The van der Waals surface area contributed by atoms with Gasteiger partial charge in [0.05, 0.1) is 12.0 Å². The first-order valence-electron chi connectivity index (χ1n) is 7.70. The van der Waals surface area contributed by atoms with Crippen molar-refractivity contribution in [2.24, 2.45) is 0 Å². The standard InChI is InChI=1S/C18H17NO5S/c1-12(20)13-5-3-6-14(11-13)25(22,23)19-10-9-16(21)15-7-4-8-17(24-2)18(15)19/h3-8,11H,9-10H2,1-2H3. The number of carbonyl (C=O) groups excluding carboxylic acids is 2. The molecule has 130 valence electrons. The molecule has 0 aliphatic carbocycles. The van der Waals surface area contributed by atoms with Gasteiger partial charge in [0.1, 0.15) is 11.4 Å². The van der Waals surface area contributed by atoms with Gasteiger partial charge >= 0.3 is 0 Å². The Labute approximate surface area is 146 Å². The molecule has 6 nitrogen and oxygen atoms in total. The first kappa shape index (κ1) is 17.2. The molecular formula is C18H17NO5S. The van der Waals surface area contributed by atoms with Crippen LogP contribution in [-0.2, 0) is 10.0 Å². The van der Waals surface area contributed by atoms with E-state index >= 15 is 0 Å². The van der Waals surface area contributed by atoms with Crippen LogP contribution in [0.1, 0.15) is 34.1 Å². The van der Waals surface area contributed by atoms with Crippen molar-refractivity contribution in [3.8, 4) is 5.75 Å². The zero-order chi connectivity index (χ0) is 18.2. The van der Waals surface area contributed by atoms with Gasteiger partial charge in [0.25, 0.3) is 10.0 Å². The van der Waals surface area contributed by atoms with Crippen molar-refractivity contribution >= 4 is 27.3 Å². The van der Waals surface area contributed by atoms with Crippen LogP contribution < -0.4 is 9.04 Å². The Morgan fingerprint density at radius 1 is 1.16 bits per heavy atom. The predicted octanol–water partition coefficient (Wildman–Crippen LogP) is 2.68. The molecule has 0 fully saturated rings. The lowest BCUT2D eigenvalue weighted by molar-refractivity contribution is 0.0979. The molecule has 2 aromatic carbocycles. The molecule has 2 aromatic rings. The Balaban J connectivity index is 2.17. The van der Waals surface area contributed by atoms with E-state index < -0.39 is 10.0 Å². The van der Waals surface area contributed by atoms with Gasteiger partial charge in [-0.05, 0) is 31.2 Å². The van der Waals surface area contributed by atoms with E-state index in [9.17, 15) is 18.0 Å². The van der Waals surface area contributed by atoms with E-state index in [1.165, 1.54) is 36.5 Å². The van der Waals surface area contributed by atoms with Gasteiger partial charge in [0.15, 0.2) is 11.6 Å². The van der Waals surface area contributed by atoms with Crippen molar-refractivity contribution in [1.29, 1.82) is 0 Å². The smallest absolute Gasteiger partial charge is 0.264 e. The van der Waals surface area contributed by atoms with Crippen molar-refractivity contribution in [2.45, 2.75) is 18.2 Å². The number of nitrogens with zero attached hydrogens (tertiary/aromatic N) is 1. The summed E-state index contributed by atoms with van der Waals surface area (Å²) in [6.45, 7) is 1.41. The summed E-state index contributed by atoms with van der Waals surface area (Å²) in [5.41, 5.74) is 0.876. The fourth-order valence-electron chi connectivity index (χ4n) is 2.86. The number of Topliss-reactive ketones (excluding diaryl/α,β-unsaturated/α-hetero) is 2. The maximum Gasteiger partial charge on any atom is 0.264 e. The van der Waals surface area contributed by atoms with Crippen LogP contribution >= 0.6 is 0 Å². The first-order valence-corrected chi connectivity index (χ1v) is 9.14. The quantitative estimate of drug-likeness (QED) is 0.784. The number of rotatable bonds is 4. The number of anilines is 1. The maximum absolute atomic E-state index is 13.1. The minimum absolute atomic E-state index is 0.00593. The molecule has 0 saturated heterocycles. The number of carbonyl (C=O) groups is 2. The maximum atomic E-state index is 13.1. The van der Waals surface area contributed by atoms with Gasteiger partial charge in [0.2, 0.25) is 0 Å². The number of sulfonamides is 1. The highest BCUT2D eigenvalue weighted by molar-refractivity contribution is 7.92. The zero-order valence-corrected chi connectivity index (χ0v) is 14.7. The summed E-state index contributed by atoms with van der Waals surface area (Å²) in [4.78, 5) is 23.8. The van der Waals surface area contributed by atoms with Crippen LogP contribution in [-0.4, -0.2) is 33.6 Å². The van der Waals surface area contributed by atoms with E-state index in [-0.39, 0.29) is 35.1 Å². The SMILES string of the molecule is COc1cccc2c1N(S(=O)(=O)c1cccc(C(C)=O)c1)CCC2=O. The Bertz CT molecular complexity index is 965. The molecule has 1 heterocycles. The Morgan fingerprint density at radius 2 is 1.88 bits per heavy atom. The van der Waals surface area contributed by atoms with Crippen LogP contribution in [0.2, 0.25) is 0 Å². The largest absolute Gasteiger partial charge is 0.495 e. The van der Waals surface area contributed by atoms with Crippen LogP contribution in [0, 0.1) is 0 Å². The molecule has 0 spiro atoms. The monoisotopic (exact) mass is 359 g/mol. The van der Waals surface area contributed by atoms with Gasteiger partial charge in [-0.2, -0.15) is 0 Å². The lowest BCUT2D eigenvalue weighted by Gasteiger charge is -2.31. The molecule has 0 saturated carbocycles. The third-order valence-corrected chi connectivity index (χ3v) is 5.93. The number of hydrogen-bond acceptors (Lipinski definition) is 5. The highest BCUT2D eigenvalue weighted by Crippen LogP contribution is 2.39. The van der Waals surface area contributed by atoms with E-state index in [1.54, 1.807) is 24.3 Å². The second-order valence-electron chi connectivity index (χ2n) is 5.69. The van der Waals surface area contributed by atoms with Crippen LogP contribution in [0.3, 0.4) is 0 Å². The number of benzene rings is 2. The molecule has 0 bridgehead atoms. The van der Waals surface area contributed by atoms with Gasteiger partial charge in [-0.1, -0.05) is 18.2 Å². The minimum atomic E-state index is -3.94. The van der Waals surface area contributed by atoms with Crippen LogP contribution in [0.4, 0.5) is 5.69 Å². The fraction of sp³-hybridized carbons (Fsp3) is 0.222. The molecule has 1 aliphatic rings. The van der Waals surface area contributed by atoms with Crippen molar-refractivity contribution in [2.75, 3.05) is 18.0 Å². The van der Waals surface area contributed by atoms with Crippen LogP contribution in [0.25, 0.3) is 0 Å². The molecule has 0 amide bonds. The van der Waals surface area contributed by atoms with E-state index in [0.29, 0.717) is 16.9 Å². The number of hydrogen-bond donors (Lipinski definition) is 0. The normalized spacial score (nSPS) is 14.2. The number of ketones is 2. The van der Waals surface area contributed by atoms with E-state index in [1.807, 2.05) is 0 Å². The summed E-state index contributed by atoms with van der Waals surface area (Å²) >= 11 is 0. The van der Waals surface area contributed by atoms with Gasteiger partial charge in [0, 0.05) is 24.1 Å². The molecule has 7 heteroatoms. The van der Waals surface area contributed by atoms with Gasteiger partial charge in [-0.25, -0.2) is 8.42 Å². The highest BCUT2D eigenvalue weighted by Gasteiger charge is 2.34. The Hall–Kier alpha value is -2.67. The molecule has 0 atom stereocenters. The second-order valence-corrected chi connectivity index (χ2v) is 7.55. The summed E-state index contributed by atoms with van der Waals surface area (Å²) in [6.07, 6.45) is 0.0891. The molecule has 25 heavy (non-hydrogen) atoms. The molecule has 0 N–H and O–H groups in total. The summed E-state index contributed by atoms with van der Waals surface area (Å²) in [6, 6.07) is 10.7. The Kier molecular flexibility index (Phi) is 4.34. The van der Waals surface area contributed by atoms with Crippen molar-refractivity contribution in [3.05, 3.63) is 53.6 Å². The van der Waals surface area contributed by atoms with Crippen molar-refractivity contribution in [1.82, 2.24) is 0 Å². The molecule has 1 aliphatic heterocycles. The summed E-state index contributed by atoms with van der Waals surface area (Å²) < 4.78 is 32.7. The van der Waals surface area contributed by atoms with Crippen molar-refractivity contribution < 1.29 is 22.7 Å². The van der Waals surface area contributed by atoms with Crippen molar-refractivity contribution in [3.63, 3.8) is 0 Å². The average molecular weight is 359 g/mol. The number of fused-ring (bicyclic) bond motifs is 1. The number of ether oxygens (including phenoxy) is 1. The predicted molar refractivity (Wildman–Crippen MR) is 92.9 cm³/mol. The van der Waals surface area contributed by atoms with E-state index in [4.69, 9.17) is 4.74 Å². The zero-order valence-electron chi connectivity index (χ0n) is 13.9. The van der Waals surface area contributed by atoms with E-state index in [2.05, 4.69) is 0 Å². The third kappa shape index (κ3) is 2.91. The topological polar surface area (TPSA) is 80.8 Å². The van der Waals surface area contributed by atoms with Gasteiger partial charge in [-0.3, -0.25) is 13.9 Å². The summed E-state index contributed by atoms with van der Waals surface area (Å²) in [5, 5.41) is 0. The summed E-state index contributed by atoms with van der Waals surface area (Å²) in [7, 11) is -2.51. The number of para-hydroxylation sites is 1. The average Bonchev–Trinajstić information content (AvgIpc) is 2.61. The fourth-order valence-corrected chi connectivity index (χ4v) is 4.40. The lowest BCUT2D eigenvalue weighted by Crippen LogP contribution is -2.37. The van der Waals surface area contributed by atoms with E-state index in [0.717, 1.165) is 0 Å². The second kappa shape index (κ2) is 6.33. The van der Waals surface area contributed by atoms with Gasteiger partial charge < -0.3 is 4.74 Å². The molecule has 3 rings (SSSR count). The number of methoxy groups -OCH3 is 1. The van der Waals surface area contributed by atoms with Gasteiger partial charge in [-0.15, -0.1) is 0 Å². The summed E-state index contributed by atoms with van der Waals surface area (Å²) in [5.74, 6) is -0.0291. The molecular weight excluding hydrogens is 342 g/mol. The molecule has 0 aromatic heterocycles.